The van der Waals surface area contributed by atoms with Crippen LogP contribution < -0.4 is 16.0 Å². The van der Waals surface area contributed by atoms with Crippen molar-refractivity contribution in [2.45, 2.75) is 11.3 Å². The zero-order valence-electron chi connectivity index (χ0n) is 16.1. The van der Waals surface area contributed by atoms with E-state index in [4.69, 9.17) is 11.6 Å². The van der Waals surface area contributed by atoms with Gasteiger partial charge in [0.1, 0.15) is 5.82 Å². The number of nitrogens with one attached hydrogen (secondary N) is 3. The maximum atomic E-state index is 12.9. The molecule has 158 valence electrons. The summed E-state index contributed by atoms with van der Waals surface area (Å²) in [6.07, 6.45) is 0.936. The minimum atomic E-state index is -0.219. The Kier molecular flexibility index (Phi) is 12.7. The Bertz CT molecular complexity index is 792. The third-order valence-corrected chi connectivity index (χ3v) is 5.17. The third kappa shape index (κ3) is 9.68. The van der Waals surface area contributed by atoms with Gasteiger partial charge in [-0.25, -0.2) is 4.39 Å². The van der Waals surface area contributed by atoms with E-state index in [2.05, 4.69) is 20.9 Å². The standard InChI is InChI=1S/C20H24ClFN4OS.HI/c1-23-20(25-11-4-14-28-16-9-7-15(22)8-10-16)26-13-12-24-19(27)17-5-2-3-6-18(17)21;/h2-3,5-10H,4,11-14H2,1H3,(H,24,27)(H2,23,25,26);1H. The maximum absolute atomic E-state index is 12.9. The van der Waals surface area contributed by atoms with Gasteiger partial charge >= 0.3 is 0 Å². The van der Waals surface area contributed by atoms with E-state index >= 15 is 0 Å². The van der Waals surface area contributed by atoms with Gasteiger partial charge in [0.05, 0.1) is 10.6 Å². The molecule has 5 nitrogen and oxygen atoms in total. The van der Waals surface area contributed by atoms with E-state index in [1.807, 2.05) is 0 Å². The molecule has 0 fully saturated rings. The number of rotatable bonds is 9. The third-order valence-electron chi connectivity index (χ3n) is 3.74. The molecule has 0 radical (unpaired) electrons. The first-order valence-corrected chi connectivity index (χ1v) is 10.3. The molecule has 0 atom stereocenters. The van der Waals surface area contributed by atoms with Gasteiger partial charge in [-0.3, -0.25) is 9.79 Å². The van der Waals surface area contributed by atoms with Crippen LogP contribution in [-0.2, 0) is 0 Å². The maximum Gasteiger partial charge on any atom is 0.252 e. The molecule has 2 aromatic rings. The summed E-state index contributed by atoms with van der Waals surface area (Å²) in [6, 6.07) is 13.4. The monoisotopic (exact) mass is 550 g/mol. The second-order valence-electron chi connectivity index (χ2n) is 5.82. The smallest absolute Gasteiger partial charge is 0.252 e. The molecule has 0 aliphatic carbocycles. The normalized spacial score (nSPS) is 10.8. The highest BCUT2D eigenvalue weighted by Crippen LogP contribution is 2.18. The number of carbonyl (C=O) groups is 1. The summed E-state index contributed by atoms with van der Waals surface area (Å²) in [5.74, 6) is 1.18. The first-order valence-electron chi connectivity index (χ1n) is 8.96. The Morgan fingerprint density at radius 1 is 1.03 bits per heavy atom. The SMILES string of the molecule is CN=C(NCCCSc1ccc(F)cc1)NCCNC(=O)c1ccccc1Cl.I. The van der Waals surface area contributed by atoms with Crippen molar-refractivity contribution in [3.63, 3.8) is 0 Å². The summed E-state index contributed by atoms with van der Waals surface area (Å²) < 4.78 is 12.9. The number of benzene rings is 2. The Morgan fingerprint density at radius 2 is 1.69 bits per heavy atom. The van der Waals surface area contributed by atoms with Crippen molar-refractivity contribution in [1.29, 1.82) is 0 Å². The second-order valence-corrected chi connectivity index (χ2v) is 7.39. The summed E-state index contributed by atoms with van der Waals surface area (Å²) in [6.45, 7) is 1.76. The van der Waals surface area contributed by atoms with E-state index < -0.39 is 0 Å². The molecule has 2 aromatic carbocycles. The highest BCUT2D eigenvalue weighted by molar-refractivity contribution is 14.0. The first kappa shape index (κ1) is 25.5. The van der Waals surface area contributed by atoms with E-state index in [1.54, 1.807) is 55.2 Å². The second kappa shape index (κ2) is 14.5. The molecule has 1 amide bonds. The van der Waals surface area contributed by atoms with Crippen LogP contribution in [0, 0.1) is 5.82 Å². The average molecular weight is 551 g/mol. The molecule has 0 aliphatic heterocycles. The fourth-order valence-corrected chi connectivity index (χ4v) is 3.39. The molecule has 0 spiro atoms. The summed E-state index contributed by atoms with van der Waals surface area (Å²) >= 11 is 7.70. The first-order chi connectivity index (χ1) is 13.6. The van der Waals surface area contributed by atoms with Gasteiger partial charge in [-0.15, -0.1) is 35.7 Å². The highest BCUT2D eigenvalue weighted by atomic mass is 127. The molecule has 0 aromatic heterocycles. The highest BCUT2D eigenvalue weighted by Gasteiger charge is 2.08. The number of thioether (sulfide) groups is 1. The number of hydrogen-bond donors (Lipinski definition) is 3. The molecule has 0 saturated carbocycles. The number of amides is 1. The Labute approximate surface area is 197 Å². The lowest BCUT2D eigenvalue weighted by Crippen LogP contribution is -2.41. The number of hydrogen-bond acceptors (Lipinski definition) is 3. The van der Waals surface area contributed by atoms with Crippen LogP contribution >= 0.6 is 47.3 Å². The van der Waals surface area contributed by atoms with Gasteiger partial charge in [0.15, 0.2) is 5.96 Å². The summed E-state index contributed by atoms with van der Waals surface area (Å²) in [5.41, 5.74) is 0.463. The van der Waals surface area contributed by atoms with Gasteiger partial charge in [0, 0.05) is 31.6 Å². The number of guanidine groups is 1. The predicted molar refractivity (Wildman–Crippen MR) is 130 cm³/mol. The largest absolute Gasteiger partial charge is 0.356 e. The minimum Gasteiger partial charge on any atom is -0.356 e. The van der Waals surface area contributed by atoms with E-state index in [1.165, 1.54) is 12.1 Å². The van der Waals surface area contributed by atoms with Crippen molar-refractivity contribution in [2.75, 3.05) is 32.4 Å². The molecule has 0 unspecified atom stereocenters. The molecule has 0 aliphatic rings. The topological polar surface area (TPSA) is 65.5 Å². The van der Waals surface area contributed by atoms with E-state index in [9.17, 15) is 9.18 Å². The number of nitrogens with zero attached hydrogens (tertiary/aromatic N) is 1. The minimum absolute atomic E-state index is 0. The van der Waals surface area contributed by atoms with Crippen molar-refractivity contribution in [3.8, 4) is 0 Å². The molecular formula is C20H25ClFIN4OS. The van der Waals surface area contributed by atoms with Crippen molar-refractivity contribution < 1.29 is 9.18 Å². The van der Waals surface area contributed by atoms with Crippen molar-refractivity contribution in [2.24, 2.45) is 4.99 Å². The van der Waals surface area contributed by atoms with Gasteiger partial charge in [-0.1, -0.05) is 23.7 Å². The number of carbonyl (C=O) groups excluding carboxylic acids is 1. The molecule has 29 heavy (non-hydrogen) atoms. The van der Waals surface area contributed by atoms with Crippen molar-refractivity contribution in [3.05, 3.63) is 64.9 Å². The lowest BCUT2D eigenvalue weighted by atomic mass is 10.2. The van der Waals surface area contributed by atoms with Crippen LogP contribution in [0.1, 0.15) is 16.8 Å². The summed E-state index contributed by atoms with van der Waals surface area (Å²) in [7, 11) is 1.70. The van der Waals surface area contributed by atoms with Crippen LogP contribution in [0.15, 0.2) is 58.4 Å². The van der Waals surface area contributed by atoms with Crippen LogP contribution in [0.5, 0.6) is 0 Å². The molecular weight excluding hydrogens is 526 g/mol. The quantitative estimate of drug-likeness (QED) is 0.144. The van der Waals surface area contributed by atoms with Crippen LogP contribution in [0.3, 0.4) is 0 Å². The molecule has 0 saturated heterocycles. The summed E-state index contributed by atoms with van der Waals surface area (Å²) in [5, 5.41) is 9.63. The van der Waals surface area contributed by atoms with Crippen LogP contribution in [0.25, 0.3) is 0 Å². The van der Waals surface area contributed by atoms with Crippen molar-refractivity contribution in [1.82, 2.24) is 16.0 Å². The van der Waals surface area contributed by atoms with Gasteiger partial charge in [0.2, 0.25) is 0 Å². The molecule has 0 bridgehead atoms. The van der Waals surface area contributed by atoms with Crippen LogP contribution in [0.2, 0.25) is 5.02 Å². The number of halogens is 3. The number of aliphatic imine (C=N–C) groups is 1. The van der Waals surface area contributed by atoms with E-state index in [0.717, 1.165) is 23.6 Å². The van der Waals surface area contributed by atoms with E-state index in [0.29, 0.717) is 29.6 Å². The molecule has 2 rings (SSSR count). The molecule has 3 N–H and O–H groups in total. The zero-order valence-corrected chi connectivity index (χ0v) is 20.0. The Balaban J connectivity index is 0.00000420. The Morgan fingerprint density at radius 3 is 2.38 bits per heavy atom. The van der Waals surface area contributed by atoms with Crippen LogP contribution in [0.4, 0.5) is 4.39 Å². The average Bonchev–Trinajstić information content (AvgIpc) is 2.70. The Hall–Kier alpha value is -1.52. The predicted octanol–water partition coefficient (Wildman–Crippen LogP) is 4.17. The zero-order chi connectivity index (χ0) is 20.2. The van der Waals surface area contributed by atoms with E-state index in [-0.39, 0.29) is 35.7 Å². The summed E-state index contributed by atoms with van der Waals surface area (Å²) in [4.78, 5) is 17.3. The van der Waals surface area contributed by atoms with Gasteiger partial charge in [0.25, 0.3) is 5.91 Å². The van der Waals surface area contributed by atoms with Crippen molar-refractivity contribution >= 4 is 59.2 Å². The fourth-order valence-electron chi connectivity index (χ4n) is 2.32. The van der Waals surface area contributed by atoms with Gasteiger partial charge in [-0.05, 0) is 48.6 Å². The lowest BCUT2D eigenvalue weighted by molar-refractivity contribution is 0.0954. The van der Waals surface area contributed by atoms with Gasteiger partial charge < -0.3 is 16.0 Å². The molecule has 9 heteroatoms. The van der Waals surface area contributed by atoms with Gasteiger partial charge in [-0.2, -0.15) is 0 Å². The fraction of sp³-hybridized carbons (Fsp3) is 0.300. The molecule has 0 heterocycles. The van der Waals surface area contributed by atoms with Crippen LogP contribution in [-0.4, -0.2) is 44.3 Å². The lowest BCUT2D eigenvalue weighted by Gasteiger charge is -2.12.